The maximum Gasteiger partial charge on any atom is 0.336 e. The Kier molecular flexibility index (Phi) is 4.77. The first kappa shape index (κ1) is 18.9. The van der Waals surface area contributed by atoms with Crippen LogP contribution in [-0.2, 0) is 13.0 Å². The molecule has 1 aromatic heterocycles. The first-order chi connectivity index (χ1) is 14.6. The van der Waals surface area contributed by atoms with Gasteiger partial charge in [-0.3, -0.25) is 0 Å². The van der Waals surface area contributed by atoms with Gasteiger partial charge in [-0.15, -0.1) is 0 Å². The van der Waals surface area contributed by atoms with Gasteiger partial charge < -0.3 is 23.5 Å². The lowest BCUT2D eigenvalue weighted by Crippen LogP contribution is -2.32. The van der Waals surface area contributed by atoms with Crippen molar-refractivity contribution < 1.29 is 18.6 Å². The summed E-state index contributed by atoms with van der Waals surface area (Å²) < 4.78 is 23.1. The number of hydrogen-bond acceptors (Lipinski definition) is 6. The zero-order valence-electron chi connectivity index (χ0n) is 17.3. The van der Waals surface area contributed by atoms with Gasteiger partial charge in [0.2, 0.25) is 0 Å². The molecule has 3 heterocycles. The van der Waals surface area contributed by atoms with Crippen molar-refractivity contribution in [3.05, 3.63) is 57.4 Å². The van der Waals surface area contributed by atoms with Crippen LogP contribution >= 0.6 is 0 Å². The summed E-state index contributed by atoms with van der Waals surface area (Å²) in [6, 6.07) is 9.73. The lowest BCUT2D eigenvalue weighted by molar-refractivity contribution is 0.171. The summed E-state index contributed by atoms with van der Waals surface area (Å²) in [5.74, 6) is 2.36. The van der Waals surface area contributed by atoms with Crippen molar-refractivity contribution in [3.63, 3.8) is 0 Å². The Labute approximate surface area is 175 Å². The van der Waals surface area contributed by atoms with Crippen LogP contribution in [0.1, 0.15) is 36.5 Å². The van der Waals surface area contributed by atoms with E-state index >= 15 is 0 Å². The van der Waals surface area contributed by atoms with E-state index in [1.54, 1.807) is 6.07 Å². The molecule has 0 aliphatic carbocycles. The average Bonchev–Trinajstić information content (AvgIpc) is 2.77. The van der Waals surface area contributed by atoms with Crippen LogP contribution in [0, 0.1) is 6.92 Å². The molecule has 0 bridgehead atoms. The quantitative estimate of drug-likeness (QED) is 0.591. The number of fused-ring (bicyclic) bond motifs is 3. The maximum absolute atomic E-state index is 12.1. The SMILES string of the molecule is CCCCc1cc(=O)oc2c(C)c3c(cc12)CN(c1ccc2c(c1)OCCO2)CO3. The molecule has 2 aromatic carbocycles. The van der Waals surface area contributed by atoms with E-state index in [4.69, 9.17) is 18.6 Å². The van der Waals surface area contributed by atoms with Crippen molar-refractivity contribution in [1.82, 2.24) is 0 Å². The third-order valence-corrected chi connectivity index (χ3v) is 5.79. The number of benzene rings is 2. The topological polar surface area (TPSA) is 61.1 Å². The number of anilines is 1. The second-order valence-corrected chi connectivity index (χ2v) is 7.86. The summed E-state index contributed by atoms with van der Waals surface area (Å²) in [7, 11) is 0. The minimum absolute atomic E-state index is 0.301. The molecule has 30 heavy (non-hydrogen) atoms. The number of nitrogens with zero attached hydrogens (tertiary/aromatic N) is 1. The highest BCUT2D eigenvalue weighted by atomic mass is 16.6. The van der Waals surface area contributed by atoms with Crippen LogP contribution in [0.4, 0.5) is 5.69 Å². The summed E-state index contributed by atoms with van der Waals surface area (Å²) in [6.45, 7) is 6.38. The van der Waals surface area contributed by atoms with Crippen molar-refractivity contribution in [3.8, 4) is 17.2 Å². The maximum atomic E-state index is 12.1. The summed E-state index contributed by atoms with van der Waals surface area (Å²) in [4.78, 5) is 14.3. The number of aryl methyl sites for hydroxylation is 2. The van der Waals surface area contributed by atoms with Gasteiger partial charge in [0.05, 0.1) is 0 Å². The molecule has 0 spiro atoms. The van der Waals surface area contributed by atoms with E-state index in [0.717, 1.165) is 64.3 Å². The zero-order chi connectivity index (χ0) is 20.7. The normalized spacial score (nSPS) is 15.1. The molecule has 6 heteroatoms. The molecule has 156 valence electrons. The Morgan fingerprint density at radius 3 is 2.70 bits per heavy atom. The standard InChI is InChI=1S/C24H25NO5/c1-3-4-5-16-11-22(26)30-24-15(2)23-17(10-19(16)24)13-25(14-29-23)18-6-7-20-21(12-18)28-9-8-27-20/h6-7,10-12H,3-5,8-9,13-14H2,1-2H3. The van der Waals surface area contributed by atoms with Crippen LogP contribution in [0.3, 0.4) is 0 Å². The monoisotopic (exact) mass is 407 g/mol. The Bertz CT molecular complexity index is 1170. The Morgan fingerprint density at radius 2 is 1.87 bits per heavy atom. The van der Waals surface area contributed by atoms with E-state index in [0.29, 0.717) is 32.1 Å². The largest absolute Gasteiger partial charge is 0.486 e. The summed E-state index contributed by atoms with van der Waals surface area (Å²) in [5.41, 5.74) is 4.39. The molecule has 5 rings (SSSR count). The van der Waals surface area contributed by atoms with Crippen LogP contribution in [-0.4, -0.2) is 19.9 Å². The number of rotatable bonds is 4. The summed E-state index contributed by atoms with van der Waals surface area (Å²) in [6.07, 6.45) is 2.98. The lowest BCUT2D eigenvalue weighted by atomic mass is 9.98. The number of unbranched alkanes of at least 4 members (excludes halogenated alkanes) is 1. The first-order valence-electron chi connectivity index (χ1n) is 10.5. The zero-order valence-corrected chi connectivity index (χ0v) is 17.3. The van der Waals surface area contributed by atoms with Crippen LogP contribution in [0.2, 0.25) is 0 Å². The number of hydrogen-bond donors (Lipinski definition) is 0. The second kappa shape index (κ2) is 7.59. The van der Waals surface area contributed by atoms with Gasteiger partial charge in [0, 0.05) is 40.9 Å². The second-order valence-electron chi connectivity index (χ2n) is 7.86. The molecule has 0 atom stereocenters. The van der Waals surface area contributed by atoms with Gasteiger partial charge in [0.1, 0.15) is 24.5 Å². The van der Waals surface area contributed by atoms with Crippen molar-refractivity contribution in [2.75, 3.05) is 24.8 Å². The molecule has 0 fully saturated rings. The van der Waals surface area contributed by atoms with Crippen molar-refractivity contribution >= 4 is 16.7 Å². The Hall–Kier alpha value is -3.15. The molecule has 2 aliphatic heterocycles. The van der Waals surface area contributed by atoms with E-state index in [1.165, 1.54) is 0 Å². The summed E-state index contributed by atoms with van der Waals surface area (Å²) in [5, 5.41) is 1.01. The third kappa shape index (κ3) is 3.26. The van der Waals surface area contributed by atoms with Crippen LogP contribution in [0.25, 0.3) is 11.0 Å². The van der Waals surface area contributed by atoms with Gasteiger partial charge >= 0.3 is 5.63 Å². The predicted octanol–water partition coefficient (Wildman–Crippen LogP) is 4.57. The average molecular weight is 407 g/mol. The molecule has 3 aromatic rings. The van der Waals surface area contributed by atoms with Crippen molar-refractivity contribution in [2.24, 2.45) is 0 Å². The minimum atomic E-state index is -0.301. The van der Waals surface area contributed by atoms with Gasteiger partial charge in [-0.25, -0.2) is 4.79 Å². The number of ether oxygens (including phenoxy) is 3. The molecule has 0 saturated heterocycles. The van der Waals surface area contributed by atoms with E-state index in [-0.39, 0.29) is 5.63 Å². The molecular weight excluding hydrogens is 382 g/mol. The van der Waals surface area contributed by atoms with Crippen LogP contribution in [0.5, 0.6) is 17.2 Å². The molecule has 0 N–H and O–H groups in total. The highest BCUT2D eigenvalue weighted by molar-refractivity contribution is 5.86. The van der Waals surface area contributed by atoms with E-state index in [2.05, 4.69) is 17.9 Å². The Balaban J connectivity index is 1.53. The van der Waals surface area contributed by atoms with Gasteiger partial charge in [0.15, 0.2) is 18.2 Å². The molecule has 0 radical (unpaired) electrons. The molecule has 0 saturated carbocycles. The van der Waals surface area contributed by atoms with Crippen LogP contribution in [0.15, 0.2) is 39.5 Å². The van der Waals surface area contributed by atoms with E-state index in [9.17, 15) is 4.79 Å². The van der Waals surface area contributed by atoms with Gasteiger partial charge in [0.25, 0.3) is 0 Å². The van der Waals surface area contributed by atoms with Gasteiger partial charge in [-0.1, -0.05) is 13.3 Å². The highest BCUT2D eigenvalue weighted by Crippen LogP contribution is 2.39. The highest BCUT2D eigenvalue weighted by Gasteiger charge is 2.24. The third-order valence-electron chi connectivity index (χ3n) is 5.79. The smallest absolute Gasteiger partial charge is 0.336 e. The fraction of sp³-hybridized carbons (Fsp3) is 0.375. The molecule has 0 amide bonds. The predicted molar refractivity (Wildman–Crippen MR) is 115 cm³/mol. The van der Waals surface area contributed by atoms with Crippen LogP contribution < -0.4 is 24.7 Å². The fourth-order valence-electron chi connectivity index (χ4n) is 4.25. The van der Waals surface area contributed by atoms with E-state index < -0.39 is 0 Å². The summed E-state index contributed by atoms with van der Waals surface area (Å²) >= 11 is 0. The first-order valence-corrected chi connectivity index (χ1v) is 10.5. The fourth-order valence-corrected chi connectivity index (χ4v) is 4.25. The lowest BCUT2D eigenvalue weighted by Gasteiger charge is -2.32. The van der Waals surface area contributed by atoms with E-state index in [1.807, 2.05) is 25.1 Å². The van der Waals surface area contributed by atoms with Crippen molar-refractivity contribution in [1.29, 1.82) is 0 Å². The molecule has 6 nitrogen and oxygen atoms in total. The Morgan fingerprint density at radius 1 is 1.03 bits per heavy atom. The van der Waals surface area contributed by atoms with Gasteiger partial charge in [-0.2, -0.15) is 0 Å². The molecular formula is C24H25NO5. The molecule has 0 unspecified atom stereocenters. The van der Waals surface area contributed by atoms with Gasteiger partial charge in [-0.05, 0) is 43.5 Å². The van der Waals surface area contributed by atoms with Crippen molar-refractivity contribution in [2.45, 2.75) is 39.7 Å². The minimum Gasteiger partial charge on any atom is -0.486 e. The molecule has 2 aliphatic rings.